The molecule has 17 heavy (non-hydrogen) atoms. The lowest BCUT2D eigenvalue weighted by Crippen LogP contribution is -2.48. The van der Waals surface area contributed by atoms with Gasteiger partial charge in [-0.25, -0.2) is 0 Å². The van der Waals surface area contributed by atoms with Crippen LogP contribution in [0.1, 0.15) is 33.6 Å². The van der Waals surface area contributed by atoms with Crippen LogP contribution in [0.3, 0.4) is 0 Å². The van der Waals surface area contributed by atoms with Crippen LogP contribution in [0.5, 0.6) is 0 Å². The van der Waals surface area contributed by atoms with Gasteiger partial charge in [-0.05, 0) is 13.0 Å². The molecule has 0 spiro atoms. The van der Waals surface area contributed by atoms with Crippen molar-refractivity contribution in [3.63, 3.8) is 0 Å². The van der Waals surface area contributed by atoms with Crippen molar-refractivity contribution in [1.29, 1.82) is 0 Å². The lowest BCUT2D eigenvalue weighted by Gasteiger charge is -2.33. The third-order valence-corrected chi connectivity index (χ3v) is 3.08. The lowest BCUT2D eigenvalue weighted by molar-refractivity contribution is -0.125. The second-order valence-electron chi connectivity index (χ2n) is 5.05. The number of nitrogens with one attached hydrogen (secondary N) is 1. The van der Waals surface area contributed by atoms with Gasteiger partial charge in [0.2, 0.25) is 5.91 Å². The summed E-state index contributed by atoms with van der Waals surface area (Å²) in [5.41, 5.74) is 0. The molecule has 0 saturated carbocycles. The molecule has 0 aromatic carbocycles. The zero-order valence-corrected chi connectivity index (χ0v) is 11.4. The van der Waals surface area contributed by atoms with E-state index in [2.05, 4.69) is 17.1 Å². The van der Waals surface area contributed by atoms with Crippen LogP contribution in [-0.4, -0.2) is 49.7 Å². The zero-order valence-electron chi connectivity index (χ0n) is 11.4. The number of amides is 1. The molecule has 0 aromatic heterocycles. The monoisotopic (exact) mass is 242 g/mol. The number of carbonyl (C=O) groups excluding carboxylic acids is 1. The summed E-state index contributed by atoms with van der Waals surface area (Å²) >= 11 is 0. The van der Waals surface area contributed by atoms with Crippen molar-refractivity contribution in [3.8, 4) is 0 Å². The summed E-state index contributed by atoms with van der Waals surface area (Å²) in [6.07, 6.45) is 2.63. The van der Waals surface area contributed by atoms with Crippen molar-refractivity contribution in [2.45, 2.75) is 39.7 Å². The summed E-state index contributed by atoms with van der Waals surface area (Å²) in [5, 5.41) is 2.94. The molecule has 0 radical (unpaired) electrons. The van der Waals surface area contributed by atoms with Gasteiger partial charge < -0.3 is 10.1 Å². The van der Waals surface area contributed by atoms with Crippen LogP contribution < -0.4 is 5.32 Å². The van der Waals surface area contributed by atoms with Crippen molar-refractivity contribution in [2.75, 3.05) is 32.8 Å². The average Bonchev–Trinajstić information content (AvgIpc) is 2.33. The van der Waals surface area contributed by atoms with E-state index in [0.717, 1.165) is 26.2 Å². The Kier molecular flexibility index (Phi) is 6.52. The van der Waals surface area contributed by atoms with Gasteiger partial charge >= 0.3 is 0 Å². The first-order valence-electron chi connectivity index (χ1n) is 6.75. The fourth-order valence-corrected chi connectivity index (χ4v) is 1.91. The van der Waals surface area contributed by atoms with Crippen LogP contribution in [0.25, 0.3) is 0 Å². The number of unbranched alkanes of at least 4 members (excludes halogenated alkanes) is 1. The fourth-order valence-electron chi connectivity index (χ4n) is 1.91. The Morgan fingerprint density at radius 3 is 2.94 bits per heavy atom. The van der Waals surface area contributed by atoms with Gasteiger partial charge in [-0.1, -0.05) is 27.2 Å². The van der Waals surface area contributed by atoms with E-state index in [0.29, 0.717) is 6.54 Å². The molecule has 1 saturated heterocycles. The second-order valence-corrected chi connectivity index (χ2v) is 5.05. The third kappa shape index (κ3) is 5.50. The van der Waals surface area contributed by atoms with Crippen LogP contribution in [0.15, 0.2) is 0 Å². The highest BCUT2D eigenvalue weighted by atomic mass is 16.5. The maximum Gasteiger partial charge on any atom is 0.222 e. The smallest absolute Gasteiger partial charge is 0.222 e. The van der Waals surface area contributed by atoms with Gasteiger partial charge in [0.1, 0.15) is 0 Å². The largest absolute Gasteiger partial charge is 0.374 e. The van der Waals surface area contributed by atoms with Gasteiger partial charge in [0, 0.05) is 25.6 Å². The minimum atomic E-state index is 0.0507. The molecule has 4 nitrogen and oxygen atoms in total. The maximum absolute atomic E-state index is 11.5. The highest BCUT2D eigenvalue weighted by Gasteiger charge is 2.20. The number of nitrogens with zero attached hydrogens (tertiary/aromatic N) is 1. The van der Waals surface area contributed by atoms with E-state index in [4.69, 9.17) is 4.74 Å². The maximum atomic E-state index is 11.5. The van der Waals surface area contributed by atoms with E-state index >= 15 is 0 Å². The van der Waals surface area contributed by atoms with E-state index < -0.39 is 0 Å². The predicted molar refractivity (Wildman–Crippen MR) is 68.9 cm³/mol. The molecule has 1 heterocycles. The average molecular weight is 242 g/mol. The quantitative estimate of drug-likeness (QED) is 0.762. The lowest BCUT2D eigenvalue weighted by atomic mass is 10.2. The van der Waals surface area contributed by atoms with Crippen LogP contribution in [0, 0.1) is 5.92 Å². The summed E-state index contributed by atoms with van der Waals surface area (Å²) in [7, 11) is 0. The molecule has 0 bridgehead atoms. The Bertz CT molecular complexity index is 231. The van der Waals surface area contributed by atoms with E-state index in [-0.39, 0.29) is 17.9 Å². The second kappa shape index (κ2) is 7.67. The van der Waals surface area contributed by atoms with E-state index in [1.807, 2.05) is 13.8 Å². The Hall–Kier alpha value is -0.610. The normalized spacial score (nSPS) is 21.8. The molecule has 1 aliphatic heterocycles. The molecule has 1 aliphatic rings. The molecular formula is C13H26N2O2. The van der Waals surface area contributed by atoms with E-state index in [1.165, 1.54) is 12.8 Å². The van der Waals surface area contributed by atoms with Crippen molar-refractivity contribution >= 4 is 5.91 Å². The van der Waals surface area contributed by atoms with Crippen molar-refractivity contribution in [3.05, 3.63) is 0 Å². The summed E-state index contributed by atoms with van der Waals surface area (Å²) in [4.78, 5) is 13.9. The summed E-state index contributed by atoms with van der Waals surface area (Å²) in [6.45, 7) is 10.6. The molecule has 1 fully saturated rings. The van der Waals surface area contributed by atoms with Gasteiger partial charge in [-0.3, -0.25) is 9.69 Å². The number of ether oxygens (including phenoxy) is 1. The zero-order chi connectivity index (χ0) is 12.7. The molecule has 0 unspecified atom stereocenters. The van der Waals surface area contributed by atoms with Crippen molar-refractivity contribution in [1.82, 2.24) is 10.2 Å². The molecule has 0 aromatic rings. The van der Waals surface area contributed by atoms with Crippen LogP contribution in [0.4, 0.5) is 0 Å². The first kappa shape index (κ1) is 14.5. The van der Waals surface area contributed by atoms with Crippen molar-refractivity contribution in [2.24, 2.45) is 5.92 Å². The molecular weight excluding hydrogens is 216 g/mol. The van der Waals surface area contributed by atoms with Gasteiger partial charge in [-0.2, -0.15) is 0 Å². The Morgan fingerprint density at radius 2 is 2.29 bits per heavy atom. The van der Waals surface area contributed by atoms with Gasteiger partial charge in [0.05, 0.1) is 12.7 Å². The number of carbonyl (C=O) groups is 1. The van der Waals surface area contributed by atoms with E-state index in [1.54, 1.807) is 0 Å². The first-order valence-corrected chi connectivity index (χ1v) is 6.75. The number of morpholine rings is 1. The predicted octanol–water partition coefficient (Wildman–Crippen LogP) is 1.26. The third-order valence-electron chi connectivity index (χ3n) is 3.08. The summed E-state index contributed by atoms with van der Waals surface area (Å²) < 4.78 is 5.66. The molecule has 1 N–H and O–H groups in total. The molecule has 1 atom stereocenters. The van der Waals surface area contributed by atoms with Crippen LogP contribution in [-0.2, 0) is 9.53 Å². The SMILES string of the molecule is CCCCN1CCO[C@@H](CNC(=O)C(C)C)C1. The molecule has 1 rings (SSSR count). The molecule has 4 heteroatoms. The minimum Gasteiger partial charge on any atom is -0.374 e. The highest BCUT2D eigenvalue weighted by Crippen LogP contribution is 2.06. The minimum absolute atomic E-state index is 0.0507. The van der Waals surface area contributed by atoms with Crippen LogP contribution >= 0.6 is 0 Å². The highest BCUT2D eigenvalue weighted by molar-refractivity contribution is 5.77. The number of hydrogen-bond donors (Lipinski definition) is 1. The van der Waals surface area contributed by atoms with Gasteiger partial charge in [0.15, 0.2) is 0 Å². The van der Waals surface area contributed by atoms with Crippen molar-refractivity contribution < 1.29 is 9.53 Å². The number of rotatable bonds is 6. The van der Waals surface area contributed by atoms with E-state index in [9.17, 15) is 4.79 Å². The Labute approximate surface area is 105 Å². The first-order chi connectivity index (χ1) is 8.13. The Balaban J connectivity index is 2.22. The molecule has 1 amide bonds. The Morgan fingerprint density at radius 1 is 1.53 bits per heavy atom. The van der Waals surface area contributed by atoms with Crippen LogP contribution in [0.2, 0.25) is 0 Å². The summed E-state index contributed by atoms with van der Waals surface area (Å²) in [5.74, 6) is 0.161. The number of hydrogen-bond acceptors (Lipinski definition) is 3. The molecule has 100 valence electrons. The van der Waals surface area contributed by atoms with Gasteiger partial charge in [-0.15, -0.1) is 0 Å². The molecule has 0 aliphatic carbocycles. The standard InChI is InChI=1S/C13H26N2O2/c1-4-5-6-15-7-8-17-12(10-15)9-14-13(16)11(2)3/h11-12H,4-10H2,1-3H3,(H,14,16)/t12-/m0/s1. The van der Waals surface area contributed by atoms with Gasteiger partial charge in [0.25, 0.3) is 0 Å². The summed E-state index contributed by atoms with van der Waals surface area (Å²) in [6, 6.07) is 0. The topological polar surface area (TPSA) is 41.6 Å². The fraction of sp³-hybridized carbons (Fsp3) is 0.923.